The van der Waals surface area contributed by atoms with Crippen molar-refractivity contribution in [3.63, 3.8) is 0 Å². The molecule has 0 amide bonds. The van der Waals surface area contributed by atoms with Gasteiger partial charge in [0.15, 0.2) is 6.29 Å². The second-order valence-corrected chi connectivity index (χ2v) is 12.3. The minimum absolute atomic E-state index is 0.00561. The zero-order valence-electron chi connectivity index (χ0n) is 25.6. The number of rotatable bonds is 22. The minimum Gasteiger partial charge on any atom is -0.390 e. The van der Waals surface area contributed by atoms with Crippen molar-refractivity contribution in [2.24, 2.45) is 22.9 Å². The second kappa shape index (κ2) is 21.3. The number of aliphatic hydroxyl groups excluding tert-OH is 3. The van der Waals surface area contributed by atoms with Crippen LogP contribution >= 0.6 is 0 Å². The Kier molecular flexibility index (Phi) is 19.1. The van der Waals surface area contributed by atoms with Crippen molar-refractivity contribution in [1.29, 1.82) is 0 Å². The number of hydrogen-bond acceptors (Lipinski definition) is 11. The van der Waals surface area contributed by atoms with Crippen LogP contribution in [0.1, 0.15) is 103 Å². The van der Waals surface area contributed by atoms with E-state index >= 15 is 0 Å². The van der Waals surface area contributed by atoms with Gasteiger partial charge in [-0.25, -0.2) is 0 Å². The molecule has 10 atom stereocenters. The summed E-state index contributed by atoms with van der Waals surface area (Å²) in [5, 5.41) is 34.7. The molecular formula is C30H63N5O6. The first-order chi connectivity index (χ1) is 19.8. The smallest absolute Gasteiger partial charge is 0.173 e. The molecular weight excluding hydrogens is 526 g/mol. The van der Waals surface area contributed by atoms with Crippen LogP contribution in [0, 0.1) is 0 Å². The van der Waals surface area contributed by atoms with Crippen LogP contribution in [0.3, 0.4) is 0 Å². The summed E-state index contributed by atoms with van der Waals surface area (Å²) >= 11 is 0. The van der Waals surface area contributed by atoms with Gasteiger partial charge in [-0.1, -0.05) is 84.0 Å². The molecule has 0 aromatic carbocycles. The van der Waals surface area contributed by atoms with Crippen molar-refractivity contribution in [1.82, 2.24) is 5.32 Å². The molecule has 1 aliphatic heterocycles. The van der Waals surface area contributed by atoms with Crippen LogP contribution in [0.5, 0.6) is 0 Å². The monoisotopic (exact) mass is 589 g/mol. The van der Waals surface area contributed by atoms with Gasteiger partial charge in [-0.15, -0.1) is 0 Å². The van der Waals surface area contributed by atoms with E-state index in [1.807, 2.05) is 0 Å². The molecule has 11 heteroatoms. The van der Waals surface area contributed by atoms with Crippen molar-refractivity contribution in [2.45, 2.75) is 164 Å². The van der Waals surface area contributed by atoms with E-state index in [1.165, 1.54) is 77.0 Å². The lowest BCUT2D eigenvalue weighted by atomic mass is 9.84. The first-order valence-corrected chi connectivity index (χ1v) is 16.4. The van der Waals surface area contributed by atoms with Crippen molar-refractivity contribution in [3.8, 4) is 0 Å². The molecule has 0 aromatic rings. The molecule has 0 aromatic heterocycles. The highest BCUT2D eigenvalue weighted by molar-refractivity contribution is 4.99. The van der Waals surface area contributed by atoms with Gasteiger partial charge in [0.05, 0.1) is 37.1 Å². The lowest BCUT2D eigenvalue weighted by Gasteiger charge is -2.45. The first-order valence-electron chi connectivity index (χ1n) is 16.4. The number of hydrogen-bond donors (Lipinski definition) is 8. The Hall–Kier alpha value is -0.440. The van der Waals surface area contributed by atoms with Gasteiger partial charge in [-0.2, -0.15) is 0 Å². The third kappa shape index (κ3) is 13.8. The first kappa shape index (κ1) is 36.8. The number of ether oxygens (including phenoxy) is 3. The number of nitrogens with two attached hydrogens (primary N) is 4. The highest BCUT2D eigenvalue weighted by atomic mass is 16.7. The average Bonchev–Trinajstić information content (AvgIpc) is 2.94. The van der Waals surface area contributed by atoms with Gasteiger partial charge in [-0.05, 0) is 25.8 Å². The van der Waals surface area contributed by atoms with Gasteiger partial charge in [0.25, 0.3) is 0 Å². The Morgan fingerprint density at radius 3 is 1.98 bits per heavy atom. The number of unbranched alkanes of at least 4 members (excludes halogenated alkanes) is 12. The molecule has 12 N–H and O–H groups in total. The van der Waals surface area contributed by atoms with Crippen LogP contribution in [0.15, 0.2) is 0 Å². The summed E-state index contributed by atoms with van der Waals surface area (Å²) in [7, 11) is 0. The predicted octanol–water partition coefficient (Wildman–Crippen LogP) is 0.980. The molecule has 1 aliphatic carbocycles. The normalized spacial score (nSPS) is 33.2. The highest BCUT2D eigenvalue weighted by Gasteiger charge is 2.46. The molecule has 0 bridgehead atoms. The minimum atomic E-state index is -1.03. The van der Waals surface area contributed by atoms with Gasteiger partial charge in [-0.3, -0.25) is 0 Å². The highest BCUT2D eigenvalue weighted by Crippen LogP contribution is 2.28. The summed E-state index contributed by atoms with van der Waals surface area (Å²) < 4.78 is 17.8. The van der Waals surface area contributed by atoms with Crippen LogP contribution in [-0.2, 0) is 14.2 Å². The van der Waals surface area contributed by atoms with E-state index in [0.717, 1.165) is 13.0 Å². The van der Waals surface area contributed by atoms with Gasteiger partial charge in [0, 0.05) is 25.2 Å². The standard InChI is InChI=1S/C30H63N5O6/c1-2-3-4-5-6-7-8-9-10-11-12-13-14-15-35-19-21(36)20-39-29-27(38)22(32)16-23(33)28(29)41-30-24(34)17-25(37)26(18-31)40-30/h21-30,35-38H,2-20,31-34H2,1H3/t21-,22-,23+,24+,25-,26+,27+,28-,29-,30+/m0/s1. The molecule has 11 nitrogen and oxygen atoms in total. The summed E-state index contributed by atoms with van der Waals surface area (Å²) in [5.41, 5.74) is 24.3. The van der Waals surface area contributed by atoms with Gasteiger partial charge >= 0.3 is 0 Å². The zero-order valence-corrected chi connectivity index (χ0v) is 25.6. The zero-order chi connectivity index (χ0) is 30.0. The fourth-order valence-corrected chi connectivity index (χ4v) is 5.86. The Balaban J connectivity index is 1.60. The Morgan fingerprint density at radius 1 is 0.805 bits per heavy atom. The van der Waals surface area contributed by atoms with Crippen molar-refractivity contribution < 1.29 is 29.5 Å². The molecule has 1 saturated carbocycles. The molecule has 244 valence electrons. The van der Waals surface area contributed by atoms with Gasteiger partial charge in [0.2, 0.25) is 0 Å². The average molecular weight is 590 g/mol. The fraction of sp³-hybridized carbons (Fsp3) is 1.00. The maximum absolute atomic E-state index is 10.8. The van der Waals surface area contributed by atoms with Crippen LogP contribution in [-0.4, -0.2) is 103 Å². The molecule has 2 rings (SSSR count). The molecule has 1 heterocycles. The Bertz CT molecular complexity index is 652. The van der Waals surface area contributed by atoms with E-state index in [1.54, 1.807) is 0 Å². The SMILES string of the molecule is CCCCCCCCCCCCCCCNC[C@H](O)CO[C@H]1[C@H](O)[C@@H](N)C[C@@H](N)[C@@H]1O[C@H]1O[C@H](CN)[C@@H](O)C[C@H]1N. The van der Waals surface area contributed by atoms with Crippen LogP contribution in [0.4, 0.5) is 0 Å². The molecule has 0 spiro atoms. The maximum Gasteiger partial charge on any atom is 0.173 e. The predicted molar refractivity (Wildman–Crippen MR) is 162 cm³/mol. The van der Waals surface area contributed by atoms with Gasteiger partial charge < -0.3 is 57.8 Å². The van der Waals surface area contributed by atoms with Crippen molar-refractivity contribution >= 4 is 0 Å². The van der Waals surface area contributed by atoms with E-state index < -0.39 is 61.0 Å². The fourth-order valence-electron chi connectivity index (χ4n) is 5.86. The molecule has 2 aliphatic rings. The summed E-state index contributed by atoms with van der Waals surface area (Å²) in [5.74, 6) is 0. The molecule has 2 fully saturated rings. The molecule has 0 radical (unpaired) electrons. The second-order valence-electron chi connectivity index (χ2n) is 12.3. The Labute approximate surface area is 248 Å². The summed E-state index contributed by atoms with van der Waals surface area (Å²) in [6.07, 6.45) is 12.1. The third-order valence-electron chi connectivity index (χ3n) is 8.51. The number of nitrogens with one attached hydrogen (secondary N) is 1. The van der Waals surface area contributed by atoms with Crippen LogP contribution < -0.4 is 28.3 Å². The Morgan fingerprint density at radius 2 is 1.39 bits per heavy atom. The summed E-state index contributed by atoms with van der Waals surface area (Å²) in [4.78, 5) is 0. The summed E-state index contributed by atoms with van der Waals surface area (Å²) in [6, 6.07) is -1.70. The topological polar surface area (TPSA) is 204 Å². The quantitative estimate of drug-likeness (QED) is 0.0836. The van der Waals surface area contributed by atoms with Crippen LogP contribution in [0.2, 0.25) is 0 Å². The lowest BCUT2D eigenvalue weighted by Crippen LogP contribution is -2.65. The van der Waals surface area contributed by atoms with Crippen molar-refractivity contribution in [2.75, 3.05) is 26.2 Å². The molecule has 1 saturated heterocycles. The number of aliphatic hydroxyl groups is 3. The van der Waals surface area contributed by atoms with E-state index in [2.05, 4.69) is 12.2 Å². The van der Waals surface area contributed by atoms with E-state index in [-0.39, 0.29) is 19.6 Å². The van der Waals surface area contributed by atoms with E-state index in [0.29, 0.717) is 13.0 Å². The van der Waals surface area contributed by atoms with Crippen LogP contribution in [0.25, 0.3) is 0 Å². The van der Waals surface area contributed by atoms with Crippen molar-refractivity contribution in [3.05, 3.63) is 0 Å². The van der Waals surface area contributed by atoms with E-state index in [4.69, 9.17) is 37.1 Å². The van der Waals surface area contributed by atoms with E-state index in [9.17, 15) is 15.3 Å². The molecule has 41 heavy (non-hydrogen) atoms. The lowest BCUT2D eigenvalue weighted by molar-refractivity contribution is -0.273. The third-order valence-corrected chi connectivity index (χ3v) is 8.51. The van der Waals surface area contributed by atoms with Gasteiger partial charge in [0.1, 0.15) is 12.2 Å². The molecule has 0 unspecified atom stereocenters. The maximum atomic E-state index is 10.8. The largest absolute Gasteiger partial charge is 0.390 e. The summed E-state index contributed by atoms with van der Waals surface area (Å²) in [6.45, 7) is 3.60.